The summed E-state index contributed by atoms with van der Waals surface area (Å²) >= 11 is 0. The summed E-state index contributed by atoms with van der Waals surface area (Å²) in [5.41, 5.74) is 4.76. The van der Waals surface area contributed by atoms with Crippen LogP contribution in [0, 0.1) is 0 Å². The number of benzene rings is 2. The first kappa shape index (κ1) is 19.2. The van der Waals surface area contributed by atoms with Crippen LogP contribution in [0.5, 0.6) is 0 Å². The van der Waals surface area contributed by atoms with Crippen LogP contribution in [-0.2, 0) is 23.3 Å². The van der Waals surface area contributed by atoms with E-state index in [2.05, 4.69) is 61.0 Å². The normalized spacial score (nSPS) is 11.7. The molecule has 0 bridgehead atoms. The highest BCUT2D eigenvalue weighted by Crippen LogP contribution is 2.23. The molecule has 0 aliphatic heterocycles. The Morgan fingerprint density at radius 1 is 1.07 bits per heavy atom. The van der Waals surface area contributed by atoms with E-state index in [1.54, 1.807) is 0 Å². The molecule has 27 heavy (non-hydrogen) atoms. The summed E-state index contributed by atoms with van der Waals surface area (Å²) in [7, 11) is 0. The third-order valence-electron chi connectivity index (χ3n) is 4.81. The van der Waals surface area contributed by atoms with Crippen molar-refractivity contribution in [3.8, 4) is 0 Å². The third kappa shape index (κ3) is 4.57. The molecule has 0 aliphatic carbocycles. The number of aromatic nitrogens is 2. The first-order chi connectivity index (χ1) is 12.9. The Labute approximate surface area is 161 Å². The van der Waals surface area contributed by atoms with E-state index < -0.39 is 0 Å². The van der Waals surface area contributed by atoms with Crippen molar-refractivity contribution >= 4 is 16.9 Å². The van der Waals surface area contributed by atoms with Crippen molar-refractivity contribution in [2.75, 3.05) is 0 Å². The van der Waals surface area contributed by atoms with Crippen LogP contribution in [0.1, 0.15) is 57.5 Å². The molecule has 0 unspecified atom stereocenters. The zero-order chi connectivity index (χ0) is 19.4. The van der Waals surface area contributed by atoms with Crippen molar-refractivity contribution in [1.29, 1.82) is 0 Å². The lowest BCUT2D eigenvalue weighted by molar-refractivity contribution is -0.121. The van der Waals surface area contributed by atoms with E-state index in [4.69, 9.17) is 4.98 Å². The average molecular weight is 364 g/mol. The van der Waals surface area contributed by atoms with Crippen LogP contribution < -0.4 is 5.32 Å². The number of rotatable bonds is 6. The first-order valence-corrected chi connectivity index (χ1v) is 9.68. The minimum atomic E-state index is 0.0747. The van der Waals surface area contributed by atoms with Crippen LogP contribution in [0.15, 0.2) is 48.5 Å². The Morgan fingerprint density at radius 2 is 1.78 bits per heavy atom. The Bertz CT molecular complexity index is 917. The predicted octanol–water partition coefficient (Wildman–Crippen LogP) is 4.80. The van der Waals surface area contributed by atoms with Crippen molar-refractivity contribution in [2.24, 2.45) is 0 Å². The zero-order valence-electron chi connectivity index (χ0n) is 16.7. The second-order valence-corrected chi connectivity index (χ2v) is 8.08. The Morgan fingerprint density at radius 3 is 2.44 bits per heavy atom. The quantitative estimate of drug-likeness (QED) is 0.684. The molecular formula is C23H29N3O. The fourth-order valence-electron chi connectivity index (χ4n) is 3.22. The number of para-hydroxylation sites is 2. The SMILES string of the molecule is CCCC(=O)NCc1nc2ccccc2n1Cc1ccc(C(C)(C)C)cc1. The molecule has 3 aromatic rings. The van der Waals surface area contributed by atoms with Crippen LogP contribution in [0.2, 0.25) is 0 Å². The largest absolute Gasteiger partial charge is 0.349 e. The Hall–Kier alpha value is -2.62. The van der Waals surface area contributed by atoms with Gasteiger partial charge in [-0.2, -0.15) is 0 Å². The molecular weight excluding hydrogens is 334 g/mol. The smallest absolute Gasteiger partial charge is 0.220 e. The van der Waals surface area contributed by atoms with E-state index in [1.807, 2.05) is 25.1 Å². The minimum absolute atomic E-state index is 0.0747. The highest BCUT2D eigenvalue weighted by Gasteiger charge is 2.14. The number of nitrogens with one attached hydrogen (secondary N) is 1. The van der Waals surface area contributed by atoms with Gasteiger partial charge in [0.2, 0.25) is 5.91 Å². The number of nitrogens with zero attached hydrogens (tertiary/aromatic N) is 2. The van der Waals surface area contributed by atoms with Gasteiger partial charge in [-0.25, -0.2) is 4.98 Å². The summed E-state index contributed by atoms with van der Waals surface area (Å²) in [5, 5.41) is 2.99. The van der Waals surface area contributed by atoms with Crippen LogP contribution in [-0.4, -0.2) is 15.5 Å². The molecule has 0 fully saturated rings. The highest BCUT2D eigenvalue weighted by atomic mass is 16.1. The van der Waals surface area contributed by atoms with Gasteiger partial charge in [0.15, 0.2) is 0 Å². The summed E-state index contributed by atoms with van der Waals surface area (Å²) in [5.74, 6) is 0.964. The molecule has 0 spiro atoms. The monoisotopic (exact) mass is 363 g/mol. The van der Waals surface area contributed by atoms with Gasteiger partial charge in [0.05, 0.1) is 17.6 Å². The summed E-state index contributed by atoms with van der Waals surface area (Å²) < 4.78 is 2.20. The maximum Gasteiger partial charge on any atom is 0.220 e. The number of fused-ring (bicyclic) bond motifs is 1. The number of hydrogen-bond donors (Lipinski definition) is 1. The molecule has 1 amide bonds. The molecule has 1 aromatic heterocycles. The minimum Gasteiger partial charge on any atom is -0.349 e. The lowest BCUT2D eigenvalue weighted by Crippen LogP contribution is -2.24. The standard InChI is InChI=1S/C23H29N3O/c1-5-8-22(27)24-15-21-25-19-9-6-7-10-20(19)26(21)16-17-11-13-18(14-12-17)23(2,3)4/h6-7,9-14H,5,8,15-16H2,1-4H3,(H,24,27). The maximum atomic E-state index is 11.9. The van der Waals surface area contributed by atoms with E-state index in [0.717, 1.165) is 29.8 Å². The van der Waals surface area contributed by atoms with Gasteiger partial charge < -0.3 is 9.88 Å². The second kappa shape index (κ2) is 7.95. The molecule has 1 N–H and O–H groups in total. The molecule has 142 valence electrons. The number of amides is 1. The summed E-state index contributed by atoms with van der Waals surface area (Å²) in [4.78, 5) is 16.6. The first-order valence-electron chi connectivity index (χ1n) is 9.68. The van der Waals surface area contributed by atoms with Crippen molar-refractivity contribution in [3.63, 3.8) is 0 Å². The molecule has 4 nitrogen and oxygen atoms in total. The average Bonchev–Trinajstić information content (AvgIpc) is 2.98. The van der Waals surface area contributed by atoms with Gasteiger partial charge in [-0.15, -0.1) is 0 Å². The van der Waals surface area contributed by atoms with Gasteiger partial charge in [0.1, 0.15) is 5.82 Å². The molecule has 1 heterocycles. The van der Waals surface area contributed by atoms with Crippen LogP contribution in [0.25, 0.3) is 11.0 Å². The van der Waals surface area contributed by atoms with Crippen molar-refractivity contribution in [2.45, 2.75) is 59.0 Å². The Balaban J connectivity index is 1.88. The van der Waals surface area contributed by atoms with E-state index in [0.29, 0.717) is 13.0 Å². The van der Waals surface area contributed by atoms with Gasteiger partial charge in [0, 0.05) is 13.0 Å². The molecule has 0 saturated heterocycles. The third-order valence-corrected chi connectivity index (χ3v) is 4.81. The van der Waals surface area contributed by atoms with Crippen LogP contribution in [0.4, 0.5) is 0 Å². The molecule has 2 aromatic carbocycles. The summed E-state index contributed by atoms with van der Waals surface area (Å²) in [6, 6.07) is 16.9. The fourth-order valence-corrected chi connectivity index (χ4v) is 3.22. The van der Waals surface area contributed by atoms with Gasteiger partial charge >= 0.3 is 0 Å². The topological polar surface area (TPSA) is 46.9 Å². The molecule has 0 atom stereocenters. The van der Waals surface area contributed by atoms with Crippen molar-refractivity contribution in [3.05, 3.63) is 65.5 Å². The molecule has 4 heteroatoms. The Kier molecular flexibility index (Phi) is 5.64. The highest BCUT2D eigenvalue weighted by molar-refractivity contribution is 5.77. The summed E-state index contributed by atoms with van der Waals surface area (Å²) in [6.07, 6.45) is 1.40. The zero-order valence-corrected chi connectivity index (χ0v) is 16.7. The lowest BCUT2D eigenvalue weighted by Gasteiger charge is -2.19. The molecule has 0 saturated carbocycles. The fraction of sp³-hybridized carbons (Fsp3) is 0.391. The van der Waals surface area contributed by atoms with E-state index >= 15 is 0 Å². The molecule has 0 aliphatic rings. The van der Waals surface area contributed by atoms with Gasteiger partial charge in [-0.3, -0.25) is 4.79 Å². The van der Waals surface area contributed by atoms with Crippen LogP contribution in [0.3, 0.4) is 0 Å². The van der Waals surface area contributed by atoms with Gasteiger partial charge in [0.25, 0.3) is 0 Å². The van der Waals surface area contributed by atoms with E-state index in [1.165, 1.54) is 11.1 Å². The predicted molar refractivity (Wildman–Crippen MR) is 111 cm³/mol. The van der Waals surface area contributed by atoms with Crippen molar-refractivity contribution < 1.29 is 4.79 Å². The second-order valence-electron chi connectivity index (χ2n) is 8.08. The van der Waals surface area contributed by atoms with E-state index in [9.17, 15) is 4.79 Å². The lowest BCUT2D eigenvalue weighted by atomic mass is 9.87. The number of carbonyl (C=O) groups excluding carboxylic acids is 1. The van der Waals surface area contributed by atoms with E-state index in [-0.39, 0.29) is 11.3 Å². The van der Waals surface area contributed by atoms with Crippen LogP contribution >= 0.6 is 0 Å². The summed E-state index contributed by atoms with van der Waals surface area (Å²) in [6.45, 7) is 9.88. The molecule has 0 radical (unpaired) electrons. The molecule has 3 rings (SSSR count). The number of imidazole rings is 1. The van der Waals surface area contributed by atoms with Gasteiger partial charge in [-0.1, -0.05) is 64.1 Å². The van der Waals surface area contributed by atoms with Gasteiger partial charge in [-0.05, 0) is 35.1 Å². The van der Waals surface area contributed by atoms with Crippen molar-refractivity contribution in [1.82, 2.24) is 14.9 Å². The number of hydrogen-bond acceptors (Lipinski definition) is 2. The number of carbonyl (C=O) groups is 1. The maximum absolute atomic E-state index is 11.9.